The van der Waals surface area contributed by atoms with Crippen LogP contribution in [-0.4, -0.2) is 27.6 Å². The summed E-state index contributed by atoms with van der Waals surface area (Å²) in [5, 5.41) is 10.3. The minimum Gasteiger partial charge on any atom is -0.331 e. The zero-order chi connectivity index (χ0) is 20.0. The van der Waals surface area contributed by atoms with Gasteiger partial charge in [0.1, 0.15) is 0 Å². The minimum atomic E-state index is 0.375. The van der Waals surface area contributed by atoms with Gasteiger partial charge in [-0.25, -0.2) is 9.97 Å². The van der Waals surface area contributed by atoms with Crippen molar-refractivity contribution in [2.45, 2.75) is 34.6 Å². The standard InChI is InChI=1S/C19H25ClN6S/c1-11(2)10-21-17(25-18-22-13(4)9-14(5)23-18)26-19(27)24-16-7-6-12(3)8-15(16)20/h6-9,11H,10H2,1-5H3,(H3,21,22,23,24,25,26,27). The quantitative estimate of drug-likeness (QED) is 0.396. The van der Waals surface area contributed by atoms with E-state index >= 15 is 0 Å². The first-order valence-electron chi connectivity index (χ1n) is 8.71. The Morgan fingerprint density at radius 3 is 2.37 bits per heavy atom. The summed E-state index contributed by atoms with van der Waals surface area (Å²) in [6.45, 7) is 10.6. The molecule has 144 valence electrons. The van der Waals surface area contributed by atoms with E-state index in [1.54, 1.807) is 0 Å². The number of benzene rings is 1. The van der Waals surface area contributed by atoms with Crippen LogP contribution in [0.15, 0.2) is 29.3 Å². The largest absolute Gasteiger partial charge is 0.331 e. The third kappa shape index (κ3) is 7.11. The van der Waals surface area contributed by atoms with Crippen LogP contribution >= 0.6 is 23.8 Å². The number of rotatable bonds is 4. The Balaban J connectivity index is 2.13. The number of guanidine groups is 1. The van der Waals surface area contributed by atoms with E-state index in [0.717, 1.165) is 22.6 Å². The van der Waals surface area contributed by atoms with E-state index in [2.05, 4.69) is 44.8 Å². The van der Waals surface area contributed by atoms with Crippen LogP contribution in [0.2, 0.25) is 5.02 Å². The van der Waals surface area contributed by atoms with Crippen LogP contribution in [0.25, 0.3) is 0 Å². The third-order valence-electron chi connectivity index (χ3n) is 3.43. The molecule has 0 aliphatic rings. The molecule has 0 aliphatic carbocycles. The second-order valence-electron chi connectivity index (χ2n) is 6.74. The van der Waals surface area contributed by atoms with Crippen LogP contribution in [0.3, 0.4) is 0 Å². The van der Waals surface area contributed by atoms with Crippen LogP contribution in [0.1, 0.15) is 30.8 Å². The van der Waals surface area contributed by atoms with Crippen molar-refractivity contribution in [2.24, 2.45) is 10.9 Å². The lowest BCUT2D eigenvalue weighted by atomic mass is 10.2. The molecule has 3 N–H and O–H groups in total. The number of hydrogen-bond acceptors (Lipinski definition) is 4. The molecule has 2 aromatic rings. The van der Waals surface area contributed by atoms with Crippen molar-refractivity contribution in [1.29, 1.82) is 0 Å². The molecule has 1 heterocycles. The van der Waals surface area contributed by atoms with E-state index in [1.807, 2.05) is 45.0 Å². The monoisotopic (exact) mass is 404 g/mol. The second-order valence-corrected chi connectivity index (χ2v) is 7.56. The summed E-state index contributed by atoms with van der Waals surface area (Å²) in [4.78, 5) is 13.3. The Bertz CT molecular complexity index is 830. The van der Waals surface area contributed by atoms with E-state index < -0.39 is 0 Å². The maximum absolute atomic E-state index is 6.26. The lowest BCUT2D eigenvalue weighted by Gasteiger charge is -2.15. The molecular weight excluding hydrogens is 380 g/mol. The molecule has 0 saturated heterocycles. The van der Waals surface area contributed by atoms with Crippen molar-refractivity contribution in [3.63, 3.8) is 0 Å². The summed E-state index contributed by atoms with van der Waals surface area (Å²) >= 11 is 11.7. The fourth-order valence-corrected chi connectivity index (χ4v) is 2.74. The molecule has 0 atom stereocenters. The molecule has 0 unspecified atom stereocenters. The molecule has 0 spiro atoms. The van der Waals surface area contributed by atoms with Gasteiger partial charge in [0.25, 0.3) is 0 Å². The fourth-order valence-electron chi connectivity index (χ4n) is 2.25. The van der Waals surface area contributed by atoms with Gasteiger partial charge in [-0.3, -0.25) is 10.3 Å². The number of hydrogen-bond donors (Lipinski definition) is 3. The summed E-state index contributed by atoms with van der Waals surface area (Å²) in [6.07, 6.45) is 0. The van der Waals surface area contributed by atoms with Crippen LogP contribution in [0, 0.1) is 26.7 Å². The summed E-state index contributed by atoms with van der Waals surface area (Å²) in [5.41, 5.74) is 3.56. The van der Waals surface area contributed by atoms with Crippen molar-refractivity contribution >= 4 is 46.5 Å². The van der Waals surface area contributed by atoms with Crippen LogP contribution in [0.5, 0.6) is 0 Å². The predicted octanol–water partition coefficient (Wildman–Crippen LogP) is 4.47. The van der Waals surface area contributed by atoms with Gasteiger partial charge in [0.15, 0.2) is 5.11 Å². The van der Waals surface area contributed by atoms with Crippen LogP contribution < -0.4 is 16.0 Å². The van der Waals surface area contributed by atoms with E-state index in [4.69, 9.17) is 23.8 Å². The molecule has 8 heteroatoms. The number of aromatic nitrogens is 2. The first-order chi connectivity index (χ1) is 12.7. The van der Waals surface area contributed by atoms with E-state index in [0.29, 0.717) is 34.5 Å². The van der Waals surface area contributed by atoms with Gasteiger partial charge in [-0.05, 0) is 62.7 Å². The molecule has 27 heavy (non-hydrogen) atoms. The van der Waals surface area contributed by atoms with Crippen molar-refractivity contribution in [3.05, 3.63) is 46.2 Å². The summed E-state index contributed by atoms with van der Waals surface area (Å²) in [5.74, 6) is 1.35. The van der Waals surface area contributed by atoms with E-state index in [9.17, 15) is 0 Å². The smallest absolute Gasteiger partial charge is 0.229 e. The fraction of sp³-hybridized carbons (Fsp3) is 0.368. The molecule has 0 aliphatic heterocycles. The molecule has 1 aromatic heterocycles. The van der Waals surface area contributed by atoms with Gasteiger partial charge >= 0.3 is 0 Å². The molecule has 0 amide bonds. The van der Waals surface area contributed by atoms with Crippen molar-refractivity contribution in [3.8, 4) is 0 Å². The Morgan fingerprint density at radius 2 is 1.78 bits per heavy atom. The Kier molecular flexibility index (Phi) is 7.50. The molecule has 0 radical (unpaired) electrons. The van der Waals surface area contributed by atoms with Gasteiger partial charge in [0.05, 0.1) is 10.7 Å². The second kappa shape index (κ2) is 9.62. The molecule has 0 bridgehead atoms. The number of nitrogens with zero attached hydrogens (tertiary/aromatic N) is 3. The number of thiocarbonyl (C=S) groups is 1. The lowest BCUT2D eigenvalue weighted by molar-refractivity contribution is 0.664. The van der Waals surface area contributed by atoms with Gasteiger partial charge in [-0.2, -0.15) is 0 Å². The zero-order valence-electron chi connectivity index (χ0n) is 16.2. The molecule has 6 nitrogen and oxygen atoms in total. The van der Waals surface area contributed by atoms with Gasteiger partial charge in [0.2, 0.25) is 11.9 Å². The maximum atomic E-state index is 6.26. The number of aryl methyl sites for hydroxylation is 3. The van der Waals surface area contributed by atoms with Gasteiger partial charge < -0.3 is 10.6 Å². The Hall–Kier alpha value is -2.25. The first kappa shape index (κ1) is 21.1. The van der Waals surface area contributed by atoms with Crippen molar-refractivity contribution in [1.82, 2.24) is 15.3 Å². The molecule has 0 fully saturated rings. The van der Waals surface area contributed by atoms with Crippen molar-refractivity contribution < 1.29 is 0 Å². The maximum Gasteiger partial charge on any atom is 0.229 e. The molecule has 2 rings (SSSR count). The number of nitrogens with one attached hydrogen (secondary N) is 3. The van der Waals surface area contributed by atoms with Gasteiger partial charge in [0, 0.05) is 17.9 Å². The topological polar surface area (TPSA) is 74.2 Å². The lowest BCUT2D eigenvalue weighted by Crippen LogP contribution is -2.39. The van der Waals surface area contributed by atoms with E-state index in [-0.39, 0.29) is 0 Å². The Morgan fingerprint density at radius 1 is 1.11 bits per heavy atom. The average molecular weight is 405 g/mol. The zero-order valence-corrected chi connectivity index (χ0v) is 17.8. The summed E-state index contributed by atoms with van der Waals surface area (Å²) < 4.78 is 0. The highest BCUT2D eigenvalue weighted by molar-refractivity contribution is 7.80. The highest BCUT2D eigenvalue weighted by Crippen LogP contribution is 2.22. The summed E-state index contributed by atoms with van der Waals surface area (Å²) in [6, 6.07) is 7.64. The van der Waals surface area contributed by atoms with Crippen LogP contribution in [-0.2, 0) is 0 Å². The number of aliphatic imine (C=N–C) groups is 1. The van der Waals surface area contributed by atoms with Crippen LogP contribution in [0.4, 0.5) is 11.6 Å². The normalized spacial score (nSPS) is 11.4. The van der Waals surface area contributed by atoms with Gasteiger partial charge in [-0.15, -0.1) is 0 Å². The number of halogens is 1. The number of anilines is 2. The highest BCUT2D eigenvalue weighted by Gasteiger charge is 2.09. The summed E-state index contributed by atoms with van der Waals surface area (Å²) in [7, 11) is 0. The third-order valence-corrected chi connectivity index (χ3v) is 3.95. The van der Waals surface area contributed by atoms with E-state index in [1.165, 1.54) is 0 Å². The predicted molar refractivity (Wildman–Crippen MR) is 118 cm³/mol. The van der Waals surface area contributed by atoms with Gasteiger partial charge in [-0.1, -0.05) is 31.5 Å². The average Bonchev–Trinajstić information content (AvgIpc) is 2.54. The molecular formula is C19H25ClN6S. The SMILES string of the molecule is Cc1ccc(NC(=S)NC(=NCC(C)C)Nc2nc(C)cc(C)n2)c(Cl)c1. The Labute approximate surface area is 170 Å². The molecule has 1 aromatic carbocycles. The minimum absolute atomic E-state index is 0.375. The first-order valence-corrected chi connectivity index (χ1v) is 9.49. The molecule has 0 saturated carbocycles. The highest BCUT2D eigenvalue weighted by atomic mass is 35.5. The van der Waals surface area contributed by atoms with Crippen molar-refractivity contribution in [2.75, 3.05) is 17.2 Å².